The second-order valence-corrected chi connectivity index (χ2v) is 8.02. The van der Waals surface area contributed by atoms with Crippen molar-refractivity contribution in [2.75, 3.05) is 19.0 Å². The fraction of sp³-hybridized carbons (Fsp3) is 0.269. The summed E-state index contributed by atoms with van der Waals surface area (Å²) in [4.78, 5) is 4.81. The number of hydrogen-bond acceptors (Lipinski definition) is 5. The molecule has 5 rings (SSSR count). The Bertz CT molecular complexity index is 1210. The van der Waals surface area contributed by atoms with E-state index in [-0.39, 0.29) is 18.9 Å². The van der Waals surface area contributed by atoms with Crippen LogP contribution < -0.4 is 10.1 Å². The van der Waals surface area contributed by atoms with Gasteiger partial charge >= 0.3 is 0 Å². The average molecular weight is 430 g/mol. The van der Waals surface area contributed by atoms with Crippen LogP contribution in [-0.4, -0.2) is 34.5 Å². The summed E-state index contributed by atoms with van der Waals surface area (Å²) in [6, 6.07) is 24.6. The van der Waals surface area contributed by atoms with E-state index in [4.69, 9.17) is 14.5 Å². The summed E-state index contributed by atoms with van der Waals surface area (Å²) < 4.78 is 13.9. The molecule has 2 atom stereocenters. The minimum atomic E-state index is -0.142. The molecular formula is C26H27N3O3. The van der Waals surface area contributed by atoms with Crippen LogP contribution in [0.25, 0.3) is 22.2 Å². The molecule has 0 saturated carbocycles. The van der Waals surface area contributed by atoms with E-state index < -0.39 is 0 Å². The molecule has 0 radical (unpaired) electrons. The number of aromatic nitrogens is 2. The van der Waals surface area contributed by atoms with Crippen molar-refractivity contribution in [3.8, 4) is 16.9 Å². The summed E-state index contributed by atoms with van der Waals surface area (Å²) in [5.74, 6) is 1.61. The van der Waals surface area contributed by atoms with Gasteiger partial charge in [0.1, 0.15) is 12.0 Å². The molecular weight excluding hydrogens is 402 g/mol. The average Bonchev–Trinajstić information content (AvgIpc) is 3.47. The Morgan fingerprint density at radius 3 is 2.66 bits per heavy atom. The Kier molecular flexibility index (Phi) is 5.79. The SMILES string of the molecule is COc1cc(CNc2nc3ccccc3n2[C@H]2CC[C@@H](CO)O2)ccc1-c1ccccc1. The van der Waals surface area contributed by atoms with E-state index in [1.807, 2.05) is 36.4 Å². The smallest absolute Gasteiger partial charge is 0.206 e. The van der Waals surface area contributed by atoms with E-state index >= 15 is 0 Å². The number of rotatable bonds is 7. The zero-order valence-corrected chi connectivity index (χ0v) is 18.1. The third-order valence-corrected chi connectivity index (χ3v) is 5.97. The number of fused-ring (bicyclic) bond motifs is 1. The molecule has 6 nitrogen and oxygen atoms in total. The van der Waals surface area contributed by atoms with Crippen LogP contribution in [0, 0.1) is 0 Å². The first kappa shape index (κ1) is 20.5. The highest BCUT2D eigenvalue weighted by atomic mass is 16.5. The molecule has 1 aliphatic heterocycles. The molecule has 1 aliphatic rings. The molecule has 4 aromatic rings. The van der Waals surface area contributed by atoms with Gasteiger partial charge in [-0.3, -0.25) is 4.57 Å². The van der Waals surface area contributed by atoms with Gasteiger partial charge in [-0.2, -0.15) is 0 Å². The van der Waals surface area contributed by atoms with Gasteiger partial charge in [0.25, 0.3) is 0 Å². The predicted octanol–water partition coefficient (Wildman–Crippen LogP) is 4.99. The van der Waals surface area contributed by atoms with Gasteiger partial charge in [0.15, 0.2) is 0 Å². The van der Waals surface area contributed by atoms with Crippen molar-refractivity contribution in [1.29, 1.82) is 0 Å². The fourth-order valence-corrected chi connectivity index (χ4v) is 4.35. The molecule has 0 aliphatic carbocycles. The van der Waals surface area contributed by atoms with Crippen molar-refractivity contribution in [2.45, 2.75) is 31.7 Å². The maximum Gasteiger partial charge on any atom is 0.206 e. The van der Waals surface area contributed by atoms with Crippen LogP contribution >= 0.6 is 0 Å². The number of ether oxygens (including phenoxy) is 2. The summed E-state index contributed by atoms with van der Waals surface area (Å²) in [7, 11) is 1.70. The van der Waals surface area contributed by atoms with Crippen molar-refractivity contribution in [2.24, 2.45) is 0 Å². The van der Waals surface area contributed by atoms with Crippen LogP contribution in [0.3, 0.4) is 0 Å². The minimum absolute atomic E-state index is 0.0411. The van der Waals surface area contributed by atoms with Crippen molar-refractivity contribution in [3.63, 3.8) is 0 Å². The number of para-hydroxylation sites is 2. The highest BCUT2D eigenvalue weighted by Crippen LogP contribution is 2.35. The lowest BCUT2D eigenvalue weighted by atomic mass is 10.0. The maximum atomic E-state index is 9.49. The van der Waals surface area contributed by atoms with Gasteiger partial charge in [0.05, 0.1) is 30.9 Å². The minimum Gasteiger partial charge on any atom is -0.496 e. The molecule has 1 saturated heterocycles. The monoisotopic (exact) mass is 429 g/mol. The molecule has 164 valence electrons. The fourth-order valence-electron chi connectivity index (χ4n) is 4.35. The van der Waals surface area contributed by atoms with E-state index in [1.165, 1.54) is 0 Å². The number of anilines is 1. The number of imidazole rings is 1. The third kappa shape index (κ3) is 3.95. The molecule has 2 heterocycles. The van der Waals surface area contributed by atoms with Gasteiger partial charge in [-0.05, 0) is 42.2 Å². The number of methoxy groups -OCH3 is 1. The molecule has 1 aromatic heterocycles. The summed E-state index contributed by atoms with van der Waals surface area (Å²) in [6.45, 7) is 0.643. The molecule has 3 aromatic carbocycles. The molecule has 6 heteroatoms. The second-order valence-electron chi connectivity index (χ2n) is 8.02. The maximum absolute atomic E-state index is 9.49. The molecule has 1 fully saturated rings. The van der Waals surface area contributed by atoms with Gasteiger partial charge < -0.3 is 19.9 Å². The predicted molar refractivity (Wildman–Crippen MR) is 126 cm³/mol. The van der Waals surface area contributed by atoms with Crippen LogP contribution in [0.15, 0.2) is 72.8 Å². The lowest BCUT2D eigenvalue weighted by Gasteiger charge is -2.18. The zero-order valence-electron chi connectivity index (χ0n) is 18.1. The normalized spacial score (nSPS) is 18.2. The van der Waals surface area contributed by atoms with Crippen molar-refractivity contribution in [1.82, 2.24) is 9.55 Å². The highest BCUT2D eigenvalue weighted by molar-refractivity contribution is 5.79. The lowest BCUT2D eigenvalue weighted by Crippen LogP contribution is -2.16. The Balaban J connectivity index is 1.41. The van der Waals surface area contributed by atoms with Gasteiger partial charge in [0, 0.05) is 12.1 Å². The molecule has 2 N–H and O–H groups in total. The van der Waals surface area contributed by atoms with Crippen LogP contribution in [0.1, 0.15) is 24.6 Å². The topological polar surface area (TPSA) is 68.5 Å². The summed E-state index contributed by atoms with van der Waals surface area (Å²) >= 11 is 0. The van der Waals surface area contributed by atoms with Gasteiger partial charge in [0.2, 0.25) is 5.95 Å². The van der Waals surface area contributed by atoms with Crippen LogP contribution in [0.2, 0.25) is 0 Å². The number of aliphatic hydroxyl groups excluding tert-OH is 1. The van der Waals surface area contributed by atoms with E-state index in [9.17, 15) is 5.11 Å². The first-order valence-electron chi connectivity index (χ1n) is 11.0. The van der Waals surface area contributed by atoms with Gasteiger partial charge in [-0.25, -0.2) is 4.98 Å². The zero-order chi connectivity index (χ0) is 21.9. The summed E-state index contributed by atoms with van der Waals surface area (Å²) in [5.41, 5.74) is 5.24. The molecule has 32 heavy (non-hydrogen) atoms. The molecule has 0 unspecified atom stereocenters. The van der Waals surface area contributed by atoms with Crippen LogP contribution in [-0.2, 0) is 11.3 Å². The quantitative estimate of drug-likeness (QED) is 0.433. The van der Waals surface area contributed by atoms with Crippen LogP contribution in [0.5, 0.6) is 5.75 Å². The lowest BCUT2D eigenvalue weighted by molar-refractivity contribution is -0.0195. The second kappa shape index (κ2) is 9.02. The van der Waals surface area contributed by atoms with E-state index in [2.05, 4.69) is 46.3 Å². The first-order chi connectivity index (χ1) is 15.8. The molecule has 0 bridgehead atoms. The Labute approximate surface area is 187 Å². The Morgan fingerprint density at radius 2 is 1.88 bits per heavy atom. The Hall–Kier alpha value is -3.35. The van der Waals surface area contributed by atoms with E-state index in [1.54, 1.807) is 7.11 Å². The largest absolute Gasteiger partial charge is 0.496 e. The third-order valence-electron chi connectivity index (χ3n) is 5.97. The van der Waals surface area contributed by atoms with Gasteiger partial charge in [-0.1, -0.05) is 54.6 Å². The van der Waals surface area contributed by atoms with Crippen LogP contribution in [0.4, 0.5) is 5.95 Å². The summed E-state index contributed by atoms with van der Waals surface area (Å²) in [6.07, 6.45) is 1.42. The standard InChI is InChI=1S/C26H27N3O3/c1-31-24-15-18(11-13-21(24)19-7-3-2-4-8-19)16-27-26-28-22-9-5-6-10-23(22)29(26)25-14-12-20(17-30)32-25/h2-11,13,15,20,25,30H,12,14,16-17H2,1H3,(H,27,28)/t20-,25+/m0/s1. The first-order valence-corrected chi connectivity index (χ1v) is 11.0. The highest BCUT2D eigenvalue weighted by Gasteiger charge is 2.29. The number of aliphatic hydroxyl groups is 1. The number of benzene rings is 3. The number of nitrogens with one attached hydrogen (secondary N) is 1. The summed E-state index contributed by atoms with van der Waals surface area (Å²) in [5, 5.41) is 13.0. The number of nitrogens with zero attached hydrogens (tertiary/aromatic N) is 2. The van der Waals surface area contributed by atoms with E-state index in [0.29, 0.717) is 6.54 Å². The Morgan fingerprint density at radius 1 is 1.06 bits per heavy atom. The molecule has 0 spiro atoms. The van der Waals surface area contributed by atoms with Gasteiger partial charge in [-0.15, -0.1) is 0 Å². The van der Waals surface area contributed by atoms with Crippen molar-refractivity contribution >= 4 is 17.0 Å². The van der Waals surface area contributed by atoms with Crippen molar-refractivity contribution in [3.05, 3.63) is 78.4 Å². The number of hydrogen-bond donors (Lipinski definition) is 2. The van der Waals surface area contributed by atoms with E-state index in [0.717, 1.165) is 52.3 Å². The molecule has 0 amide bonds. The van der Waals surface area contributed by atoms with Crippen molar-refractivity contribution < 1.29 is 14.6 Å².